The van der Waals surface area contributed by atoms with E-state index in [-0.39, 0.29) is 0 Å². The topological polar surface area (TPSA) is 34.1 Å². The highest BCUT2D eigenvalue weighted by atomic mass is 79.9. The molecule has 1 aliphatic rings. The van der Waals surface area contributed by atoms with Gasteiger partial charge in [0.05, 0.1) is 6.10 Å². The van der Waals surface area contributed by atoms with Gasteiger partial charge in [-0.25, -0.2) is 0 Å². The van der Waals surface area contributed by atoms with Crippen LogP contribution in [0.2, 0.25) is 0 Å². The highest BCUT2D eigenvalue weighted by molar-refractivity contribution is 9.10. The quantitative estimate of drug-likeness (QED) is 0.826. The van der Waals surface area contributed by atoms with Gasteiger partial charge in [-0.3, -0.25) is 4.98 Å². The fourth-order valence-corrected chi connectivity index (χ4v) is 2.93. The standard InChI is InChI=1S/C15H23BrN2O/c1-2-7-18-15(6-5-14-4-3-8-19-14)12-9-13(16)11-17-10-12/h9-11,14-15,18H,2-8H2,1H3. The molecule has 2 unspecified atom stereocenters. The predicted octanol–water partition coefficient (Wildman–Crippen LogP) is 3.84. The molecule has 0 amide bonds. The minimum absolute atomic E-state index is 0.383. The van der Waals surface area contributed by atoms with Crippen molar-refractivity contribution in [2.45, 2.75) is 51.2 Å². The van der Waals surface area contributed by atoms with E-state index < -0.39 is 0 Å². The smallest absolute Gasteiger partial charge is 0.0576 e. The summed E-state index contributed by atoms with van der Waals surface area (Å²) in [6, 6.07) is 2.55. The molecule has 106 valence electrons. The normalized spacial score (nSPS) is 20.6. The van der Waals surface area contributed by atoms with E-state index in [0.717, 1.165) is 36.9 Å². The number of rotatable bonds is 7. The largest absolute Gasteiger partial charge is 0.378 e. The van der Waals surface area contributed by atoms with Crippen LogP contribution in [0.1, 0.15) is 50.6 Å². The van der Waals surface area contributed by atoms with Crippen LogP contribution >= 0.6 is 15.9 Å². The lowest BCUT2D eigenvalue weighted by molar-refractivity contribution is 0.0996. The Kier molecular flexibility index (Phi) is 6.28. The van der Waals surface area contributed by atoms with E-state index in [4.69, 9.17) is 4.74 Å². The van der Waals surface area contributed by atoms with Crippen molar-refractivity contribution in [1.82, 2.24) is 10.3 Å². The van der Waals surface area contributed by atoms with Crippen molar-refractivity contribution in [2.24, 2.45) is 0 Å². The third kappa shape index (κ3) is 4.86. The van der Waals surface area contributed by atoms with Crippen LogP contribution in [0.25, 0.3) is 0 Å². The monoisotopic (exact) mass is 326 g/mol. The molecule has 0 radical (unpaired) electrons. The van der Waals surface area contributed by atoms with E-state index in [9.17, 15) is 0 Å². The van der Waals surface area contributed by atoms with Gasteiger partial charge in [0, 0.05) is 29.5 Å². The molecule has 2 rings (SSSR count). The molecule has 0 saturated carbocycles. The van der Waals surface area contributed by atoms with Crippen LogP contribution in [0.15, 0.2) is 22.9 Å². The molecule has 0 spiro atoms. The average molecular weight is 327 g/mol. The molecule has 1 aromatic heterocycles. The van der Waals surface area contributed by atoms with E-state index >= 15 is 0 Å². The van der Waals surface area contributed by atoms with Crippen LogP contribution < -0.4 is 5.32 Å². The second-order valence-electron chi connectivity index (χ2n) is 5.16. The molecule has 1 N–H and O–H groups in total. The summed E-state index contributed by atoms with van der Waals surface area (Å²) in [6.45, 7) is 4.18. The summed E-state index contributed by atoms with van der Waals surface area (Å²) in [5, 5.41) is 3.62. The van der Waals surface area contributed by atoms with Gasteiger partial charge in [0.1, 0.15) is 0 Å². The Hall–Kier alpha value is -0.450. The second kappa shape index (κ2) is 7.98. The maximum absolute atomic E-state index is 5.71. The van der Waals surface area contributed by atoms with Crippen molar-refractivity contribution in [3.05, 3.63) is 28.5 Å². The van der Waals surface area contributed by atoms with Crippen molar-refractivity contribution in [1.29, 1.82) is 0 Å². The van der Waals surface area contributed by atoms with Crippen LogP contribution in [-0.2, 0) is 4.74 Å². The van der Waals surface area contributed by atoms with Crippen molar-refractivity contribution in [2.75, 3.05) is 13.2 Å². The summed E-state index contributed by atoms with van der Waals surface area (Å²) < 4.78 is 6.76. The van der Waals surface area contributed by atoms with E-state index in [2.05, 4.69) is 39.2 Å². The van der Waals surface area contributed by atoms with Crippen molar-refractivity contribution in [3.63, 3.8) is 0 Å². The zero-order valence-electron chi connectivity index (χ0n) is 11.6. The zero-order valence-corrected chi connectivity index (χ0v) is 13.2. The van der Waals surface area contributed by atoms with Gasteiger partial charge in [0.2, 0.25) is 0 Å². The van der Waals surface area contributed by atoms with Crippen LogP contribution in [0, 0.1) is 0 Å². The molecule has 2 heterocycles. The van der Waals surface area contributed by atoms with E-state index in [1.165, 1.54) is 18.4 Å². The SMILES string of the molecule is CCCNC(CCC1CCCO1)c1cncc(Br)c1. The molecule has 0 aromatic carbocycles. The molecule has 0 aliphatic carbocycles. The van der Waals surface area contributed by atoms with Gasteiger partial charge in [-0.2, -0.15) is 0 Å². The molecule has 3 nitrogen and oxygen atoms in total. The average Bonchev–Trinajstić information content (AvgIpc) is 2.92. The summed E-state index contributed by atoms with van der Waals surface area (Å²) >= 11 is 3.50. The van der Waals surface area contributed by atoms with Crippen LogP contribution in [0.5, 0.6) is 0 Å². The van der Waals surface area contributed by atoms with E-state index in [0.29, 0.717) is 12.1 Å². The molecule has 1 aromatic rings. The third-order valence-corrected chi connectivity index (χ3v) is 4.00. The summed E-state index contributed by atoms with van der Waals surface area (Å²) in [5.74, 6) is 0. The van der Waals surface area contributed by atoms with Gasteiger partial charge in [-0.05, 0) is 66.2 Å². The first kappa shape index (κ1) is 14.9. The van der Waals surface area contributed by atoms with Crippen molar-refractivity contribution < 1.29 is 4.74 Å². The van der Waals surface area contributed by atoms with E-state index in [1.54, 1.807) is 0 Å². The first-order valence-electron chi connectivity index (χ1n) is 7.25. The Morgan fingerprint density at radius 1 is 1.53 bits per heavy atom. The summed E-state index contributed by atoms with van der Waals surface area (Å²) in [6.07, 6.45) is 10.1. The Labute approximate surface area is 124 Å². The number of pyridine rings is 1. The molecule has 2 atom stereocenters. The number of ether oxygens (including phenoxy) is 1. The maximum Gasteiger partial charge on any atom is 0.0576 e. The molecule has 0 bridgehead atoms. The molecular formula is C15H23BrN2O. The maximum atomic E-state index is 5.71. The van der Waals surface area contributed by atoms with E-state index in [1.807, 2.05) is 12.4 Å². The molecule has 1 aliphatic heterocycles. The zero-order chi connectivity index (χ0) is 13.5. The van der Waals surface area contributed by atoms with Crippen molar-refractivity contribution in [3.8, 4) is 0 Å². The predicted molar refractivity (Wildman–Crippen MR) is 81.2 cm³/mol. The van der Waals surface area contributed by atoms with Gasteiger partial charge in [-0.1, -0.05) is 6.92 Å². The lowest BCUT2D eigenvalue weighted by Gasteiger charge is -2.20. The van der Waals surface area contributed by atoms with Gasteiger partial charge in [0.15, 0.2) is 0 Å². The molecule has 19 heavy (non-hydrogen) atoms. The molecule has 4 heteroatoms. The number of nitrogens with one attached hydrogen (secondary N) is 1. The number of nitrogens with zero attached hydrogens (tertiary/aromatic N) is 1. The van der Waals surface area contributed by atoms with Gasteiger partial charge >= 0.3 is 0 Å². The first-order valence-corrected chi connectivity index (χ1v) is 8.04. The van der Waals surface area contributed by atoms with Crippen LogP contribution in [-0.4, -0.2) is 24.2 Å². The lowest BCUT2D eigenvalue weighted by Crippen LogP contribution is -2.23. The Morgan fingerprint density at radius 3 is 3.11 bits per heavy atom. The minimum Gasteiger partial charge on any atom is -0.378 e. The molecule has 1 saturated heterocycles. The van der Waals surface area contributed by atoms with Crippen LogP contribution in [0.4, 0.5) is 0 Å². The van der Waals surface area contributed by atoms with Gasteiger partial charge < -0.3 is 10.1 Å². The lowest BCUT2D eigenvalue weighted by atomic mass is 10.0. The highest BCUT2D eigenvalue weighted by Crippen LogP contribution is 2.25. The summed E-state index contributed by atoms with van der Waals surface area (Å²) in [7, 11) is 0. The highest BCUT2D eigenvalue weighted by Gasteiger charge is 2.18. The molecular weight excluding hydrogens is 304 g/mol. The first-order chi connectivity index (χ1) is 9.29. The number of hydrogen-bond donors (Lipinski definition) is 1. The number of halogens is 1. The second-order valence-corrected chi connectivity index (χ2v) is 6.07. The fraction of sp³-hybridized carbons (Fsp3) is 0.667. The number of hydrogen-bond acceptors (Lipinski definition) is 3. The minimum atomic E-state index is 0.383. The third-order valence-electron chi connectivity index (χ3n) is 3.57. The Morgan fingerprint density at radius 2 is 2.42 bits per heavy atom. The van der Waals surface area contributed by atoms with Gasteiger partial charge in [0.25, 0.3) is 0 Å². The molecule has 1 fully saturated rings. The summed E-state index contributed by atoms with van der Waals surface area (Å²) in [4.78, 5) is 4.27. The Balaban J connectivity index is 1.94. The summed E-state index contributed by atoms with van der Waals surface area (Å²) in [5.41, 5.74) is 1.26. The van der Waals surface area contributed by atoms with Gasteiger partial charge in [-0.15, -0.1) is 0 Å². The van der Waals surface area contributed by atoms with Crippen LogP contribution in [0.3, 0.4) is 0 Å². The number of aromatic nitrogens is 1. The van der Waals surface area contributed by atoms with Crippen molar-refractivity contribution >= 4 is 15.9 Å². The fourth-order valence-electron chi connectivity index (χ4n) is 2.55. The Bertz CT molecular complexity index is 380.